The van der Waals surface area contributed by atoms with E-state index < -0.39 is 0 Å². The van der Waals surface area contributed by atoms with Gasteiger partial charge in [0, 0.05) is 19.3 Å². The third-order valence-electron chi connectivity index (χ3n) is 1.31. The van der Waals surface area contributed by atoms with Gasteiger partial charge in [-0.25, -0.2) is 0 Å². The zero-order valence-electron chi connectivity index (χ0n) is 7.09. The van der Waals surface area contributed by atoms with Gasteiger partial charge < -0.3 is 11.5 Å². The number of allylic oxidation sites excluding steroid dienone is 1. The summed E-state index contributed by atoms with van der Waals surface area (Å²) in [5.74, 6) is 0. The van der Waals surface area contributed by atoms with Crippen LogP contribution in [0.4, 0.5) is 0 Å². The van der Waals surface area contributed by atoms with Gasteiger partial charge in [-0.1, -0.05) is 6.58 Å². The van der Waals surface area contributed by atoms with Gasteiger partial charge in [0.2, 0.25) is 0 Å². The summed E-state index contributed by atoms with van der Waals surface area (Å²) >= 11 is 0. The van der Waals surface area contributed by atoms with Crippen molar-refractivity contribution >= 4 is 5.71 Å². The Hall–Kier alpha value is -1.09. The minimum Gasteiger partial charge on any atom is -0.398 e. The molecule has 0 saturated heterocycles. The Kier molecular flexibility index (Phi) is 4.22. The summed E-state index contributed by atoms with van der Waals surface area (Å²) in [6.45, 7) is 5.94. The van der Waals surface area contributed by atoms with Gasteiger partial charge in [-0.15, -0.1) is 0 Å². The normalized spacial score (nSPS) is 13.4. The Morgan fingerprint density at radius 3 is 2.45 bits per heavy atom. The summed E-state index contributed by atoms with van der Waals surface area (Å²) in [5, 5.41) is 0. The minimum atomic E-state index is 0.407. The highest BCUT2D eigenvalue weighted by Crippen LogP contribution is 1.97. The van der Waals surface area contributed by atoms with Crippen LogP contribution >= 0.6 is 0 Å². The summed E-state index contributed by atoms with van der Waals surface area (Å²) in [6.07, 6.45) is 1.74. The van der Waals surface area contributed by atoms with E-state index in [1.54, 1.807) is 13.1 Å². The number of rotatable bonds is 3. The molecule has 3 heteroatoms. The molecule has 0 rings (SSSR count). The first-order valence-electron chi connectivity index (χ1n) is 3.40. The summed E-state index contributed by atoms with van der Waals surface area (Å²) in [6, 6.07) is 0. The molecule has 0 amide bonds. The zero-order chi connectivity index (χ0) is 8.85. The standard InChI is InChI=1S/C8H15N3/c1-6(2)8(10)4-7(5-9)11-3/h4H,1,5,9-10H2,2-3H3/b8-4+,11-7?. The smallest absolute Gasteiger partial charge is 0.0501 e. The Morgan fingerprint density at radius 2 is 2.18 bits per heavy atom. The fourth-order valence-electron chi connectivity index (χ4n) is 0.517. The van der Waals surface area contributed by atoms with Crippen molar-refractivity contribution in [2.24, 2.45) is 16.5 Å². The van der Waals surface area contributed by atoms with Gasteiger partial charge in [0.1, 0.15) is 0 Å². The molecular weight excluding hydrogens is 138 g/mol. The van der Waals surface area contributed by atoms with E-state index in [1.807, 2.05) is 6.92 Å². The summed E-state index contributed by atoms with van der Waals surface area (Å²) in [5.41, 5.74) is 13.2. The summed E-state index contributed by atoms with van der Waals surface area (Å²) in [7, 11) is 1.68. The lowest BCUT2D eigenvalue weighted by Gasteiger charge is -1.99. The number of aliphatic imine (C=N–C) groups is 1. The molecule has 0 aromatic carbocycles. The average Bonchev–Trinajstić information content (AvgIpc) is 1.99. The molecular formula is C8H15N3. The first-order chi connectivity index (χ1) is 5.11. The molecule has 0 atom stereocenters. The molecule has 0 aromatic rings. The van der Waals surface area contributed by atoms with Crippen molar-refractivity contribution in [1.29, 1.82) is 0 Å². The molecule has 0 saturated carbocycles. The fourth-order valence-corrected chi connectivity index (χ4v) is 0.517. The van der Waals surface area contributed by atoms with Crippen LogP contribution in [0.15, 0.2) is 28.9 Å². The van der Waals surface area contributed by atoms with Crippen LogP contribution in [0.1, 0.15) is 6.92 Å². The van der Waals surface area contributed by atoms with Crippen molar-refractivity contribution < 1.29 is 0 Å². The van der Waals surface area contributed by atoms with Crippen molar-refractivity contribution in [1.82, 2.24) is 0 Å². The topological polar surface area (TPSA) is 64.4 Å². The van der Waals surface area contributed by atoms with Gasteiger partial charge in [0.25, 0.3) is 0 Å². The molecule has 62 valence electrons. The van der Waals surface area contributed by atoms with E-state index in [0.717, 1.165) is 11.3 Å². The first kappa shape index (κ1) is 9.91. The van der Waals surface area contributed by atoms with Gasteiger partial charge in [-0.2, -0.15) is 0 Å². The molecule has 0 aliphatic rings. The van der Waals surface area contributed by atoms with Crippen LogP contribution in [0.2, 0.25) is 0 Å². The molecule has 0 radical (unpaired) electrons. The lowest BCUT2D eigenvalue weighted by Crippen LogP contribution is -2.13. The quantitative estimate of drug-likeness (QED) is 0.456. The second-order valence-electron chi connectivity index (χ2n) is 2.30. The molecule has 0 aliphatic heterocycles. The molecule has 11 heavy (non-hydrogen) atoms. The van der Waals surface area contributed by atoms with E-state index in [4.69, 9.17) is 11.5 Å². The van der Waals surface area contributed by atoms with E-state index in [-0.39, 0.29) is 0 Å². The van der Waals surface area contributed by atoms with Gasteiger partial charge >= 0.3 is 0 Å². The lowest BCUT2D eigenvalue weighted by molar-refractivity contribution is 1.25. The van der Waals surface area contributed by atoms with Gasteiger partial charge in [-0.05, 0) is 18.6 Å². The third-order valence-corrected chi connectivity index (χ3v) is 1.31. The monoisotopic (exact) mass is 153 g/mol. The molecule has 4 N–H and O–H groups in total. The molecule has 0 fully saturated rings. The lowest BCUT2D eigenvalue weighted by atomic mass is 10.2. The van der Waals surface area contributed by atoms with E-state index in [2.05, 4.69) is 11.6 Å². The SMILES string of the molecule is C=C(C)/C(N)=C\C(CN)=NC. The summed E-state index contributed by atoms with van der Waals surface area (Å²) in [4.78, 5) is 3.92. The van der Waals surface area contributed by atoms with Crippen LogP contribution in [0.3, 0.4) is 0 Å². The fraction of sp³-hybridized carbons (Fsp3) is 0.375. The molecule has 3 nitrogen and oxygen atoms in total. The van der Waals surface area contributed by atoms with Crippen molar-refractivity contribution in [3.63, 3.8) is 0 Å². The van der Waals surface area contributed by atoms with E-state index in [9.17, 15) is 0 Å². The number of nitrogens with two attached hydrogens (primary N) is 2. The first-order valence-corrected chi connectivity index (χ1v) is 3.40. The highest BCUT2D eigenvalue weighted by atomic mass is 14.7. The van der Waals surface area contributed by atoms with Crippen LogP contribution in [0.5, 0.6) is 0 Å². The van der Waals surface area contributed by atoms with Gasteiger partial charge in [0.15, 0.2) is 0 Å². The molecule has 0 heterocycles. The molecule has 0 aliphatic carbocycles. The van der Waals surface area contributed by atoms with Crippen molar-refractivity contribution in [3.8, 4) is 0 Å². The van der Waals surface area contributed by atoms with E-state index >= 15 is 0 Å². The van der Waals surface area contributed by atoms with Crippen molar-refractivity contribution in [2.45, 2.75) is 6.92 Å². The third kappa shape index (κ3) is 3.57. The molecule has 0 unspecified atom stereocenters. The predicted octanol–water partition coefficient (Wildman–Crippen LogP) is 0.435. The largest absolute Gasteiger partial charge is 0.398 e. The van der Waals surface area contributed by atoms with Crippen LogP contribution < -0.4 is 11.5 Å². The van der Waals surface area contributed by atoms with Crippen LogP contribution in [0.25, 0.3) is 0 Å². The van der Waals surface area contributed by atoms with Gasteiger partial charge in [0.05, 0.1) is 5.71 Å². The Morgan fingerprint density at radius 1 is 1.64 bits per heavy atom. The second-order valence-corrected chi connectivity index (χ2v) is 2.30. The van der Waals surface area contributed by atoms with Crippen LogP contribution in [-0.4, -0.2) is 19.3 Å². The van der Waals surface area contributed by atoms with Crippen molar-refractivity contribution in [3.05, 3.63) is 23.9 Å². The maximum Gasteiger partial charge on any atom is 0.0501 e. The predicted molar refractivity (Wildman–Crippen MR) is 49.5 cm³/mol. The summed E-state index contributed by atoms with van der Waals surface area (Å²) < 4.78 is 0. The number of hydrogen-bond donors (Lipinski definition) is 2. The second kappa shape index (κ2) is 4.68. The average molecular weight is 153 g/mol. The Balaban J connectivity index is 4.40. The zero-order valence-corrected chi connectivity index (χ0v) is 7.09. The number of nitrogens with zero attached hydrogens (tertiary/aromatic N) is 1. The van der Waals surface area contributed by atoms with Gasteiger partial charge in [-0.3, -0.25) is 4.99 Å². The molecule has 0 spiro atoms. The molecule has 0 aromatic heterocycles. The van der Waals surface area contributed by atoms with Crippen molar-refractivity contribution in [2.75, 3.05) is 13.6 Å². The van der Waals surface area contributed by atoms with Crippen LogP contribution in [-0.2, 0) is 0 Å². The maximum absolute atomic E-state index is 5.59. The minimum absolute atomic E-state index is 0.407. The maximum atomic E-state index is 5.59. The Bertz CT molecular complexity index is 201. The van der Waals surface area contributed by atoms with E-state index in [0.29, 0.717) is 12.2 Å². The molecule has 0 bridgehead atoms. The number of hydrogen-bond acceptors (Lipinski definition) is 3. The Labute approximate surface area is 67.5 Å². The highest BCUT2D eigenvalue weighted by Gasteiger charge is 1.93. The van der Waals surface area contributed by atoms with Crippen LogP contribution in [0, 0.1) is 0 Å². The highest BCUT2D eigenvalue weighted by molar-refractivity contribution is 5.97. The van der Waals surface area contributed by atoms with E-state index in [1.165, 1.54) is 0 Å².